The van der Waals surface area contributed by atoms with Crippen LogP contribution in [0.1, 0.15) is 39.6 Å². The van der Waals surface area contributed by atoms with E-state index in [4.69, 9.17) is 4.42 Å². The van der Waals surface area contributed by atoms with Crippen molar-refractivity contribution in [3.05, 3.63) is 62.6 Å². The Kier molecular flexibility index (Phi) is 4.53. The first kappa shape index (κ1) is 18.0. The summed E-state index contributed by atoms with van der Waals surface area (Å²) < 4.78 is 7.08. The average Bonchev–Trinajstić information content (AvgIpc) is 3.32. The number of hydrogen-bond donors (Lipinski definition) is 2. The third-order valence-corrected chi connectivity index (χ3v) is 7.08. The van der Waals surface area contributed by atoms with Gasteiger partial charge >= 0.3 is 0 Å². The van der Waals surface area contributed by atoms with Crippen molar-refractivity contribution in [1.82, 2.24) is 10.2 Å². The fourth-order valence-corrected chi connectivity index (χ4v) is 5.44. The van der Waals surface area contributed by atoms with E-state index in [1.165, 1.54) is 10.4 Å². The number of carbonyl (C=O) groups excluding carboxylic acids is 1. The van der Waals surface area contributed by atoms with Gasteiger partial charge in [0.05, 0.1) is 5.56 Å². The van der Waals surface area contributed by atoms with Crippen LogP contribution in [0.5, 0.6) is 0 Å². The van der Waals surface area contributed by atoms with Gasteiger partial charge in [0.15, 0.2) is 6.17 Å². The van der Waals surface area contributed by atoms with Crippen molar-refractivity contribution in [1.29, 1.82) is 0 Å². The third kappa shape index (κ3) is 3.07. The number of nitrogens with zero attached hydrogens (tertiary/aromatic N) is 1. The predicted molar refractivity (Wildman–Crippen MR) is 115 cm³/mol. The van der Waals surface area contributed by atoms with Crippen LogP contribution in [-0.2, 0) is 13.0 Å². The molecule has 0 fully saturated rings. The van der Waals surface area contributed by atoms with E-state index in [2.05, 4.69) is 38.4 Å². The Morgan fingerprint density at radius 3 is 2.82 bits per heavy atom. The molecule has 2 aliphatic rings. The van der Waals surface area contributed by atoms with Crippen molar-refractivity contribution in [3.63, 3.8) is 0 Å². The maximum atomic E-state index is 12.9. The number of furan rings is 1. The van der Waals surface area contributed by atoms with Crippen LogP contribution in [0.25, 0.3) is 11.3 Å². The van der Waals surface area contributed by atoms with Crippen LogP contribution >= 0.6 is 27.3 Å². The van der Waals surface area contributed by atoms with E-state index in [0.29, 0.717) is 5.76 Å². The normalized spacial score (nSPS) is 18.9. The Morgan fingerprint density at radius 1 is 1.21 bits per heavy atom. The SMILES string of the molecule is CCN1CCc2c(sc3c2C(=O)NC(c2ccc(-c4ccc(Br)cc4)o2)N3)C1. The highest BCUT2D eigenvalue weighted by Gasteiger charge is 2.34. The molecule has 7 heteroatoms. The van der Waals surface area contributed by atoms with Crippen molar-refractivity contribution < 1.29 is 9.21 Å². The van der Waals surface area contributed by atoms with Gasteiger partial charge in [-0.25, -0.2) is 0 Å². The summed E-state index contributed by atoms with van der Waals surface area (Å²) in [5.74, 6) is 1.48. The lowest BCUT2D eigenvalue weighted by Gasteiger charge is -2.27. The minimum Gasteiger partial charge on any atom is -0.457 e. The van der Waals surface area contributed by atoms with Crippen LogP contribution < -0.4 is 10.6 Å². The van der Waals surface area contributed by atoms with E-state index in [1.807, 2.05) is 36.4 Å². The highest BCUT2D eigenvalue weighted by Crippen LogP contribution is 2.41. The van der Waals surface area contributed by atoms with E-state index in [-0.39, 0.29) is 12.1 Å². The summed E-state index contributed by atoms with van der Waals surface area (Å²) in [6, 6.07) is 11.8. The van der Waals surface area contributed by atoms with Crippen LogP contribution in [0.4, 0.5) is 5.00 Å². The maximum absolute atomic E-state index is 12.9. The molecule has 0 aliphatic carbocycles. The number of benzene rings is 1. The molecule has 2 aromatic heterocycles. The molecule has 2 aliphatic heterocycles. The molecule has 2 N–H and O–H groups in total. The van der Waals surface area contributed by atoms with Gasteiger partial charge in [0.2, 0.25) is 0 Å². The van der Waals surface area contributed by atoms with Crippen molar-refractivity contribution in [2.24, 2.45) is 0 Å². The van der Waals surface area contributed by atoms with E-state index in [1.54, 1.807) is 11.3 Å². The second-order valence-electron chi connectivity index (χ2n) is 7.09. The minimum atomic E-state index is -0.355. The topological polar surface area (TPSA) is 57.5 Å². The summed E-state index contributed by atoms with van der Waals surface area (Å²) in [6.07, 6.45) is 0.579. The van der Waals surface area contributed by atoms with Gasteiger partial charge in [-0.15, -0.1) is 11.3 Å². The summed E-state index contributed by atoms with van der Waals surface area (Å²) >= 11 is 5.15. The number of amides is 1. The fourth-order valence-electron chi connectivity index (χ4n) is 3.86. The molecular weight excluding hydrogens is 438 g/mol. The van der Waals surface area contributed by atoms with Gasteiger partial charge in [-0.3, -0.25) is 9.69 Å². The van der Waals surface area contributed by atoms with Crippen molar-refractivity contribution >= 4 is 38.2 Å². The molecule has 0 saturated heterocycles. The van der Waals surface area contributed by atoms with Gasteiger partial charge < -0.3 is 15.1 Å². The number of rotatable bonds is 3. The summed E-state index contributed by atoms with van der Waals surface area (Å²) in [7, 11) is 0. The van der Waals surface area contributed by atoms with Gasteiger partial charge in [-0.2, -0.15) is 0 Å². The molecule has 1 amide bonds. The average molecular weight is 458 g/mol. The monoisotopic (exact) mass is 457 g/mol. The van der Waals surface area contributed by atoms with Gasteiger partial charge in [0, 0.05) is 28.0 Å². The predicted octanol–water partition coefficient (Wildman–Crippen LogP) is 5.00. The molecule has 144 valence electrons. The second-order valence-corrected chi connectivity index (χ2v) is 9.11. The molecule has 1 unspecified atom stereocenters. The lowest BCUT2D eigenvalue weighted by atomic mass is 10.0. The van der Waals surface area contributed by atoms with Gasteiger partial charge in [0.1, 0.15) is 16.5 Å². The number of halogens is 1. The van der Waals surface area contributed by atoms with Crippen molar-refractivity contribution in [3.8, 4) is 11.3 Å². The smallest absolute Gasteiger partial charge is 0.256 e. The Labute approximate surface area is 175 Å². The highest BCUT2D eigenvalue weighted by atomic mass is 79.9. The number of anilines is 1. The minimum absolute atomic E-state index is 0.0113. The standard InChI is InChI=1S/C21H20BrN3O2S/c1-2-25-10-9-14-17(11-25)28-21-18(14)20(26)23-19(24-21)16-8-7-15(27-16)12-3-5-13(22)6-4-12/h3-8,19,24H,2,9-11H2,1H3,(H,23,26). The van der Waals surface area contributed by atoms with Crippen LogP contribution in [-0.4, -0.2) is 23.9 Å². The molecule has 4 heterocycles. The van der Waals surface area contributed by atoms with Crippen molar-refractivity contribution in [2.45, 2.75) is 26.1 Å². The van der Waals surface area contributed by atoms with Gasteiger partial charge in [-0.1, -0.05) is 35.0 Å². The number of nitrogens with one attached hydrogen (secondary N) is 2. The first-order valence-electron chi connectivity index (χ1n) is 9.42. The summed E-state index contributed by atoms with van der Waals surface area (Å²) in [6.45, 7) is 5.16. The van der Waals surface area contributed by atoms with Crippen LogP contribution in [0, 0.1) is 0 Å². The fraction of sp³-hybridized carbons (Fsp3) is 0.286. The zero-order chi connectivity index (χ0) is 19.3. The largest absolute Gasteiger partial charge is 0.457 e. The maximum Gasteiger partial charge on any atom is 0.256 e. The molecule has 0 saturated carbocycles. The lowest BCUT2D eigenvalue weighted by Crippen LogP contribution is -2.38. The van der Waals surface area contributed by atoms with E-state index in [0.717, 1.165) is 52.4 Å². The van der Waals surface area contributed by atoms with Gasteiger partial charge in [-0.05, 0) is 42.8 Å². The van der Waals surface area contributed by atoms with Crippen LogP contribution in [0.2, 0.25) is 0 Å². The van der Waals surface area contributed by atoms with E-state index in [9.17, 15) is 4.79 Å². The highest BCUT2D eigenvalue weighted by molar-refractivity contribution is 9.10. The van der Waals surface area contributed by atoms with Crippen molar-refractivity contribution in [2.75, 3.05) is 18.4 Å². The van der Waals surface area contributed by atoms with Crippen LogP contribution in [0.15, 0.2) is 45.3 Å². The Bertz CT molecular complexity index is 1040. The van der Waals surface area contributed by atoms with E-state index >= 15 is 0 Å². The summed E-state index contributed by atoms with van der Waals surface area (Å²) in [4.78, 5) is 16.6. The third-order valence-electron chi connectivity index (χ3n) is 5.40. The molecular formula is C21H20BrN3O2S. The Morgan fingerprint density at radius 2 is 2.04 bits per heavy atom. The zero-order valence-corrected chi connectivity index (χ0v) is 17.8. The van der Waals surface area contributed by atoms with Gasteiger partial charge in [0.25, 0.3) is 5.91 Å². The molecule has 5 rings (SSSR count). The van der Waals surface area contributed by atoms with E-state index < -0.39 is 0 Å². The molecule has 0 spiro atoms. The molecule has 0 radical (unpaired) electrons. The molecule has 5 nitrogen and oxygen atoms in total. The Hall–Kier alpha value is -2.09. The first-order chi connectivity index (χ1) is 13.6. The second kappa shape index (κ2) is 7.06. The quantitative estimate of drug-likeness (QED) is 0.580. The molecule has 1 atom stereocenters. The molecule has 0 bridgehead atoms. The van der Waals surface area contributed by atoms with Crippen LogP contribution in [0.3, 0.4) is 0 Å². The zero-order valence-electron chi connectivity index (χ0n) is 15.4. The first-order valence-corrected chi connectivity index (χ1v) is 11.0. The number of hydrogen-bond acceptors (Lipinski definition) is 5. The molecule has 3 aromatic rings. The number of carbonyl (C=O) groups is 1. The summed E-state index contributed by atoms with van der Waals surface area (Å²) in [5.41, 5.74) is 3.04. The summed E-state index contributed by atoms with van der Waals surface area (Å²) in [5, 5.41) is 7.50. The Balaban J connectivity index is 1.42. The number of fused-ring (bicyclic) bond motifs is 3. The number of thiophene rings is 1. The lowest BCUT2D eigenvalue weighted by molar-refractivity contribution is 0.0930. The number of likely N-dealkylation sites (N-methyl/N-ethyl adjacent to an activating group) is 1. The molecule has 1 aromatic carbocycles. The molecule has 28 heavy (non-hydrogen) atoms.